The Balaban J connectivity index is 2.51. The van der Waals surface area contributed by atoms with Crippen molar-refractivity contribution in [2.24, 2.45) is 11.3 Å². The second-order valence-electron chi connectivity index (χ2n) is 5.47. The normalized spacial score (nSPS) is 35.0. The van der Waals surface area contributed by atoms with Crippen LogP contribution in [0, 0.1) is 11.3 Å². The Hall–Kier alpha value is -1.18. The highest BCUT2D eigenvalue weighted by Crippen LogP contribution is 2.47. The van der Waals surface area contributed by atoms with Gasteiger partial charge in [-0.05, 0) is 45.3 Å². The summed E-state index contributed by atoms with van der Waals surface area (Å²) in [5, 5.41) is 0. The minimum atomic E-state index is -0.486. The van der Waals surface area contributed by atoms with Gasteiger partial charge in [0.1, 0.15) is 0 Å². The van der Waals surface area contributed by atoms with E-state index in [4.69, 9.17) is 0 Å². The quantitative estimate of drug-likeness (QED) is 0.586. The van der Waals surface area contributed by atoms with Gasteiger partial charge < -0.3 is 0 Å². The Morgan fingerprint density at radius 3 is 2.44 bits per heavy atom. The lowest BCUT2D eigenvalue weighted by Crippen LogP contribution is -2.45. The molecule has 0 aromatic heterocycles. The van der Waals surface area contributed by atoms with E-state index in [9.17, 15) is 9.59 Å². The van der Waals surface area contributed by atoms with Crippen LogP contribution in [0.5, 0.6) is 0 Å². The number of fused-ring (bicyclic) bond motifs is 1. The smallest absolute Gasteiger partial charge is 0.163 e. The van der Waals surface area contributed by atoms with Gasteiger partial charge in [-0.3, -0.25) is 9.59 Å². The first-order valence-corrected chi connectivity index (χ1v) is 5.78. The van der Waals surface area contributed by atoms with E-state index >= 15 is 0 Å². The maximum Gasteiger partial charge on any atom is 0.163 e. The summed E-state index contributed by atoms with van der Waals surface area (Å²) >= 11 is 0. The van der Waals surface area contributed by atoms with Gasteiger partial charge in [0.15, 0.2) is 11.6 Å². The summed E-state index contributed by atoms with van der Waals surface area (Å²) in [6.45, 7) is 7.83. The van der Waals surface area contributed by atoms with Crippen LogP contribution in [0.1, 0.15) is 40.5 Å². The monoisotopic (exact) mass is 218 g/mol. The predicted octanol–water partition coefficient (Wildman–Crippen LogP) is 2.84. The molecule has 2 rings (SSSR count). The minimum absolute atomic E-state index is 0.126. The molecule has 0 aromatic carbocycles. The molecular formula is C14H18O2. The van der Waals surface area contributed by atoms with Gasteiger partial charge >= 0.3 is 0 Å². The highest BCUT2D eigenvalue weighted by molar-refractivity contribution is 6.12. The summed E-state index contributed by atoms with van der Waals surface area (Å²) in [6.07, 6.45) is 3.02. The van der Waals surface area contributed by atoms with Gasteiger partial charge in [-0.1, -0.05) is 18.1 Å². The molecule has 0 N–H and O–H groups in total. The second kappa shape index (κ2) is 3.41. The number of hydrogen-bond donors (Lipinski definition) is 0. The van der Waals surface area contributed by atoms with Crippen LogP contribution in [-0.2, 0) is 9.59 Å². The summed E-state index contributed by atoms with van der Waals surface area (Å²) in [6, 6.07) is 0. The first-order valence-electron chi connectivity index (χ1n) is 5.78. The fraction of sp³-hybridized carbons (Fsp3) is 0.571. The summed E-state index contributed by atoms with van der Waals surface area (Å²) in [5.74, 6) is 0.157. The van der Waals surface area contributed by atoms with Crippen molar-refractivity contribution < 1.29 is 9.59 Å². The van der Waals surface area contributed by atoms with E-state index < -0.39 is 5.41 Å². The van der Waals surface area contributed by atoms with E-state index in [0.717, 1.165) is 12.8 Å². The van der Waals surface area contributed by atoms with E-state index in [2.05, 4.69) is 13.8 Å². The van der Waals surface area contributed by atoms with Crippen LogP contribution in [0.25, 0.3) is 0 Å². The Bertz CT molecular complexity index is 440. The molecule has 0 unspecified atom stereocenters. The molecule has 0 aromatic rings. The summed E-state index contributed by atoms with van der Waals surface area (Å²) in [7, 11) is 0. The highest BCUT2D eigenvalue weighted by Gasteiger charge is 2.49. The lowest BCUT2D eigenvalue weighted by molar-refractivity contribution is -0.136. The molecule has 0 amide bonds. The van der Waals surface area contributed by atoms with E-state index in [1.54, 1.807) is 6.92 Å². The van der Waals surface area contributed by atoms with Crippen molar-refractivity contribution in [3.63, 3.8) is 0 Å². The molecule has 0 aliphatic heterocycles. The molecule has 0 saturated carbocycles. The number of carbonyl (C=O) groups excluding carboxylic acids is 2. The van der Waals surface area contributed by atoms with Crippen molar-refractivity contribution in [3.8, 4) is 0 Å². The molecule has 2 atom stereocenters. The zero-order chi connectivity index (χ0) is 12.1. The molecule has 2 aliphatic carbocycles. The molecule has 16 heavy (non-hydrogen) atoms. The van der Waals surface area contributed by atoms with Crippen LogP contribution in [0.4, 0.5) is 0 Å². The average Bonchev–Trinajstić information content (AvgIpc) is 2.20. The van der Waals surface area contributed by atoms with Crippen molar-refractivity contribution in [1.82, 2.24) is 0 Å². The average molecular weight is 218 g/mol. The zero-order valence-corrected chi connectivity index (χ0v) is 10.4. The van der Waals surface area contributed by atoms with Crippen molar-refractivity contribution in [2.75, 3.05) is 0 Å². The summed E-state index contributed by atoms with van der Waals surface area (Å²) in [5.41, 5.74) is 2.69. The Labute approximate surface area is 96.4 Å². The lowest BCUT2D eigenvalue weighted by Gasteiger charge is -2.42. The van der Waals surface area contributed by atoms with Gasteiger partial charge in [0, 0.05) is 11.3 Å². The topological polar surface area (TPSA) is 34.1 Å². The van der Waals surface area contributed by atoms with E-state index in [-0.39, 0.29) is 17.5 Å². The minimum Gasteiger partial charge on any atom is -0.294 e. The first kappa shape index (κ1) is 11.3. The second-order valence-corrected chi connectivity index (χ2v) is 5.47. The Kier molecular flexibility index (Phi) is 2.41. The van der Waals surface area contributed by atoms with E-state index in [1.165, 1.54) is 17.2 Å². The molecule has 0 heterocycles. The van der Waals surface area contributed by atoms with Crippen LogP contribution in [-0.4, -0.2) is 11.6 Å². The molecular weight excluding hydrogens is 200 g/mol. The summed E-state index contributed by atoms with van der Waals surface area (Å²) in [4.78, 5) is 24.2. The zero-order valence-electron chi connectivity index (χ0n) is 10.4. The van der Waals surface area contributed by atoms with Gasteiger partial charge in [0.05, 0.1) is 0 Å². The van der Waals surface area contributed by atoms with Crippen molar-refractivity contribution in [1.29, 1.82) is 0 Å². The third kappa shape index (κ3) is 1.40. The molecule has 86 valence electrons. The Morgan fingerprint density at radius 2 is 1.81 bits per heavy atom. The molecule has 0 spiro atoms. The van der Waals surface area contributed by atoms with Gasteiger partial charge in [-0.2, -0.15) is 0 Å². The third-order valence-corrected chi connectivity index (χ3v) is 4.26. The van der Waals surface area contributed by atoms with Gasteiger partial charge in [0.2, 0.25) is 0 Å². The van der Waals surface area contributed by atoms with Crippen molar-refractivity contribution in [3.05, 3.63) is 22.8 Å². The first-order chi connectivity index (χ1) is 7.36. The maximum atomic E-state index is 12.1. The largest absolute Gasteiger partial charge is 0.294 e. The molecule has 0 bridgehead atoms. The number of rotatable bonds is 0. The van der Waals surface area contributed by atoms with Crippen molar-refractivity contribution in [2.45, 2.75) is 40.5 Å². The molecule has 2 nitrogen and oxygen atoms in total. The molecule has 0 fully saturated rings. The number of ketones is 2. The molecule has 0 radical (unpaired) electrons. The standard InChI is InChI=1S/C14H18O2/c1-8-5-11-13(16)9(2)6-12(15)14(11,4)7-10(8)3/h6,11H,5,7H2,1-4H3/t11-,14-/m0/s1. The van der Waals surface area contributed by atoms with Crippen molar-refractivity contribution >= 4 is 11.6 Å². The van der Waals surface area contributed by atoms with Crippen LogP contribution >= 0.6 is 0 Å². The van der Waals surface area contributed by atoms with Gasteiger partial charge in [0.25, 0.3) is 0 Å². The highest BCUT2D eigenvalue weighted by atomic mass is 16.1. The van der Waals surface area contributed by atoms with E-state index in [1.807, 2.05) is 6.92 Å². The number of hydrogen-bond acceptors (Lipinski definition) is 2. The number of allylic oxidation sites excluding steroid dienone is 4. The fourth-order valence-electron chi connectivity index (χ4n) is 2.88. The fourth-order valence-corrected chi connectivity index (χ4v) is 2.88. The number of Topliss-reactive ketones (excluding diaryl/α,β-unsaturated/α-hetero) is 1. The molecule has 2 heteroatoms. The summed E-state index contributed by atoms with van der Waals surface area (Å²) < 4.78 is 0. The van der Waals surface area contributed by atoms with Crippen LogP contribution in [0.2, 0.25) is 0 Å². The predicted molar refractivity (Wildman–Crippen MR) is 63.0 cm³/mol. The lowest BCUT2D eigenvalue weighted by atomic mass is 9.59. The van der Waals surface area contributed by atoms with Crippen LogP contribution in [0.15, 0.2) is 22.8 Å². The SMILES string of the molecule is CC1=CC(=O)[C@@]2(C)CC(C)=C(C)C[C@H]2C1=O. The maximum absolute atomic E-state index is 12.1. The van der Waals surface area contributed by atoms with Gasteiger partial charge in [-0.25, -0.2) is 0 Å². The van der Waals surface area contributed by atoms with Crippen LogP contribution in [0.3, 0.4) is 0 Å². The number of carbonyl (C=O) groups is 2. The van der Waals surface area contributed by atoms with Gasteiger partial charge in [-0.15, -0.1) is 0 Å². The molecule has 0 saturated heterocycles. The third-order valence-electron chi connectivity index (χ3n) is 4.26. The Morgan fingerprint density at radius 1 is 1.19 bits per heavy atom. The van der Waals surface area contributed by atoms with E-state index in [0.29, 0.717) is 5.57 Å². The molecule has 2 aliphatic rings. The van der Waals surface area contributed by atoms with Crippen LogP contribution < -0.4 is 0 Å².